The Morgan fingerprint density at radius 2 is 1.83 bits per heavy atom. The highest BCUT2D eigenvalue weighted by atomic mass is 19.4. The van der Waals surface area contributed by atoms with Crippen molar-refractivity contribution in [3.8, 4) is 0 Å². The molecule has 14 heteroatoms. The summed E-state index contributed by atoms with van der Waals surface area (Å²) in [5, 5.41) is 13.8. The average Bonchev–Trinajstić information content (AvgIpc) is 3.17. The lowest BCUT2D eigenvalue weighted by Crippen LogP contribution is -2.43. The van der Waals surface area contributed by atoms with Crippen molar-refractivity contribution in [2.45, 2.75) is 12.6 Å². The fraction of sp³-hybridized carbons (Fsp3) is 0.238. The van der Waals surface area contributed by atoms with E-state index in [-0.39, 0.29) is 29.9 Å². The predicted molar refractivity (Wildman–Crippen MR) is 111 cm³/mol. The number of nitrogens with zero attached hydrogens (tertiary/aromatic N) is 2. The molecular weight excluding hydrogens is 477 g/mol. The smallest absolute Gasteiger partial charge is 0.416 e. The first kappa shape index (κ1) is 25.1. The molecule has 1 atom stereocenters. The number of anilines is 1. The van der Waals surface area contributed by atoms with Crippen LogP contribution in [0.4, 0.5) is 24.5 Å². The number of nitro groups is 1. The average molecular weight is 494 g/mol. The second-order valence-corrected chi connectivity index (χ2v) is 7.38. The Morgan fingerprint density at radius 3 is 2.46 bits per heavy atom. The first-order chi connectivity index (χ1) is 16.4. The Kier molecular flexibility index (Phi) is 7.32. The third-order valence-corrected chi connectivity index (χ3v) is 4.85. The molecule has 11 nitrogen and oxygen atoms in total. The monoisotopic (exact) mass is 494 g/mol. The lowest BCUT2D eigenvalue weighted by Gasteiger charge is -2.17. The molecule has 2 aromatic carbocycles. The number of amides is 3. The van der Waals surface area contributed by atoms with Crippen molar-refractivity contribution in [1.82, 2.24) is 10.4 Å². The van der Waals surface area contributed by atoms with Gasteiger partial charge in [-0.3, -0.25) is 39.7 Å². The number of nitrogens with one attached hydrogen (secondary N) is 2. The Morgan fingerprint density at radius 1 is 1.14 bits per heavy atom. The van der Waals surface area contributed by atoms with Crippen LogP contribution in [0.3, 0.4) is 0 Å². The summed E-state index contributed by atoms with van der Waals surface area (Å²) < 4.78 is 43.1. The number of hydrazine groups is 1. The number of nitro benzene ring substituents is 1. The standard InChI is InChI=1S/C21H17F3N4O7/c22-21(23,24)14-2-1-3-15(9-14)25-17(29)11-35-20(32)13-8-18(30)27(10-13)26-19(31)12-4-6-16(7-5-12)28(33)34/h1-7,9,13H,8,10-11H2,(H,25,29)(H,26,31)/t13-/m1/s1. The Balaban J connectivity index is 1.49. The van der Waals surface area contributed by atoms with Crippen LogP contribution in [-0.4, -0.2) is 46.8 Å². The van der Waals surface area contributed by atoms with Crippen LogP contribution in [0, 0.1) is 16.0 Å². The van der Waals surface area contributed by atoms with Crippen molar-refractivity contribution >= 4 is 35.1 Å². The lowest BCUT2D eigenvalue weighted by molar-refractivity contribution is -0.384. The van der Waals surface area contributed by atoms with Crippen LogP contribution in [0.15, 0.2) is 48.5 Å². The van der Waals surface area contributed by atoms with Crippen LogP contribution in [0.5, 0.6) is 0 Å². The van der Waals surface area contributed by atoms with E-state index in [1.54, 1.807) is 0 Å². The number of rotatable bonds is 7. The molecule has 0 aliphatic carbocycles. The Labute approximate surface area is 195 Å². The molecule has 1 heterocycles. The van der Waals surface area contributed by atoms with E-state index in [1.807, 2.05) is 0 Å². The second kappa shape index (κ2) is 10.2. The molecule has 1 fully saturated rings. The summed E-state index contributed by atoms with van der Waals surface area (Å²) in [6, 6.07) is 8.52. The van der Waals surface area contributed by atoms with Crippen LogP contribution >= 0.6 is 0 Å². The van der Waals surface area contributed by atoms with Crippen molar-refractivity contribution < 1.29 is 42.0 Å². The third kappa shape index (κ3) is 6.52. The maximum Gasteiger partial charge on any atom is 0.416 e. The number of non-ortho nitro benzene ring substituents is 1. The Bertz CT molecular complexity index is 1170. The van der Waals surface area contributed by atoms with E-state index in [1.165, 1.54) is 18.2 Å². The fourth-order valence-corrected chi connectivity index (χ4v) is 3.12. The van der Waals surface area contributed by atoms with E-state index in [9.17, 15) is 42.5 Å². The van der Waals surface area contributed by atoms with Crippen molar-refractivity contribution in [2.24, 2.45) is 5.92 Å². The molecule has 1 aliphatic heterocycles. The number of hydrogen-bond acceptors (Lipinski definition) is 7. The highest BCUT2D eigenvalue weighted by molar-refractivity contribution is 5.97. The van der Waals surface area contributed by atoms with E-state index in [4.69, 9.17) is 4.74 Å². The summed E-state index contributed by atoms with van der Waals surface area (Å²) in [4.78, 5) is 58.6. The quantitative estimate of drug-likeness (QED) is 0.341. The zero-order valence-corrected chi connectivity index (χ0v) is 17.7. The van der Waals surface area contributed by atoms with Gasteiger partial charge in [-0.05, 0) is 30.3 Å². The number of alkyl halides is 3. The minimum Gasteiger partial charge on any atom is -0.455 e. The van der Waals surface area contributed by atoms with Gasteiger partial charge in [0.1, 0.15) is 0 Å². The number of carbonyl (C=O) groups excluding carboxylic acids is 4. The number of benzene rings is 2. The van der Waals surface area contributed by atoms with E-state index in [2.05, 4.69) is 10.7 Å². The van der Waals surface area contributed by atoms with Crippen LogP contribution in [0.2, 0.25) is 0 Å². The van der Waals surface area contributed by atoms with Crippen molar-refractivity contribution in [1.29, 1.82) is 0 Å². The first-order valence-electron chi connectivity index (χ1n) is 9.93. The maximum absolute atomic E-state index is 12.8. The summed E-state index contributed by atoms with van der Waals surface area (Å²) in [5.41, 5.74) is 1.00. The van der Waals surface area contributed by atoms with Gasteiger partial charge in [0.2, 0.25) is 5.91 Å². The van der Waals surface area contributed by atoms with E-state index < -0.39 is 52.9 Å². The molecule has 2 N–H and O–H groups in total. The first-order valence-corrected chi connectivity index (χ1v) is 9.93. The number of ether oxygens (including phenoxy) is 1. The van der Waals surface area contributed by atoms with Gasteiger partial charge in [-0.25, -0.2) is 0 Å². The highest BCUT2D eigenvalue weighted by Gasteiger charge is 2.37. The lowest BCUT2D eigenvalue weighted by atomic mass is 10.1. The molecule has 3 rings (SSSR count). The second-order valence-electron chi connectivity index (χ2n) is 7.38. The number of halogens is 3. The van der Waals surface area contributed by atoms with Gasteiger partial charge in [-0.1, -0.05) is 6.07 Å². The summed E-state index contributed by atoms with van der Waals surface area (Å²) in [5.74, 6) is -4.13. The topological polar surface area (TPSA) is 148 Å². The summed E-state index contributed by atoms with van der Waals surface area (Å²) in [6.07, 6.45) is -4.91. The van der Waals surface area contributed by atoms with Crippen LogP contribution in [0.25, 0.3) is 0 Å². The van der Waals surface area contributed by atoms with Gasteiger partial charge in [0.25, 0.3) is 17.5 Å². The molecule has 1 saturated heterocycles. The van der Waals surface area contributed by atoms with Gasteiger partial charge in [-0.2, -0.15) is 13.2 Å². The molecule has 2 aromatic rings. The van der Waals surface area contributed by atoms with Crippen molar-refractivity contribution in [3.05, 3.63) is 69.8 Å². The van der Waals surface area contributed by atoms with Crippen LogP contribution in [0.1, 0.15) is 22.3 Å². The molecule has 0 bridgehead atoms. The van der Waals surface area contributed by atoms with E-state index in [0.29, 0.717) is 0 Å². The molecule has 3 amide bonds. The third-order valence-electron chi connectivity index (χ3n) is 4.85. The summed E-state index contributed by atoms with van der Waals surface area (Å²) in [6.45, 7) is -1.04. The van der Waals surface area contributed by atoms with Gasteiger partial charge in [0.15, 0.2) is 6.61 Å². The van der Waals surface area contributed by atoms with Gasteiger partial charge in [0, 0.05) is 29.8 Å². The molecule has 184 valence electrons. The van der Waals surface area contributed by atoms with Gasteiger partial charge in [-0.15, -0.1) is 0 Å². The molecule has 0 spiro atoms. The molecule has 35 heavy (non-hydrogen) atoms. The SMILES string of the molecule is O=C(COC(=O)[C@@H]1CC(=O)N(NC(=O)c2ccc([N+](=O)[O-])cc2)C1)Nc1cccc(C(F)(F)F)c1. The summed E-state index contributed by atoms with van der Waals surface area (Å²) in [7, 11) is 0. The molecule has 0 radical (unpaired) electrons. The van der Waals surface area contributed by atoms with E-state index in [0.717, 1.165) is 35.3 Å². The normalized spacial score (nSPS) is 15.5. The largest absolute Gasteiger partial charge is 0.455 e. The van der Waals surface area contributed by atoms with Crippen molar-refractivity contribution in [2.75, 3.05) is 18.5 Å². The van der Waals surface area contributed by atoms with Crippen LogP contribution in [-0.2, 0) is 25.3 Å². The molecule has 0 aromatic heterocycles. The molecular formula is C21H17F3N4O7. The molecule has 1 aliphatic rings. The predicted octanol–water partition coefficient (Wildman–Crippen LogP) is 2.29. The Hall–Kier alpha value is -4.49. The summed E-state index contributed by atoms with van der Waals surface area (Å²) >= 11 is 0. The van der Waals surface area contributed by atoms with Gasteiger partial charge >= 0.3 is 12.1 Å². The van der Waals surface area contributed by atoms with Crippen LogP contribution < -0.4 is 10.7 Å². The minimum atomic E-state index is -4.60. The zero-order valence-electron chi connectivity index (χ0n) is 17.7. The number of hydrogen-bond donors (Lipinski definition) is 2. The number of carbonyl (C=O) groups is 4. The van der Waals surface area contributed by atoms with Crippen molar-refractivity contribution in [3.63, 3.8) is 0 Å². The maximum atomic E-state index is 12.8. The highest BCUT2D eigenvalue weighted by Crippen LogP contribution is 2.30. The van der Waals surface area contributed by atoms with Gasteiger partial charge < -0.3 is 10.1 Å². The minimum absolute atomic E-state index is 0.0423. The fourth-order valence-electron chi connectivity index (χ4n) is 3.12. The van der Waals surface area contributed by atoms with Gasteiger partial charge in [0.05, 0.1) is 22.9 Å². The van der Waals surface area contributed by atoms with E-state index >= 15 is 0 Å². The number of esters is 1. The molecule has 0 saturated carbocycles. The molecule has 0 unspecified atom stereocenters. The zero-order chi connectivity index (χ0) is 25.8.